The summed E-state index contributed by atoms with van der Waals surface area (Å²) in [5.41, 5.74) is 3.67. The maximum Gasteiger partial charge on any atom is 0.251 e. The van der Waals surface area contributed by atoms with Crippen LogP contribution in [0.25, 0.3) is 22.3 Å². The lowest BCUT2D eigenvalue weighted by Crippen LogP contribution is -2.52. The predicted molar refractivity (Wildman–Crippen MR) is 155 cm³/mol. The maximum atomic E-state index is 15.1. The van der Waals surface area contributed by atoms with Crippen molar-refractivity contribution in [2.75, 3.05) is 30.8 Å². The first-order valence-electron chi connectivity index (χ1n) is 13.5. The highest BCUT2D eigenvalue weighted by molar-refractivity contribution is 7.90. The molecule has 2 aliphatic rings. The third-order valence-corrected chi connectivity index (χ3v) is 9.14. The van der Waals surface area contributed by atoms with Crippen molar-refractivity contribution in [1.82, 2.24) is 25.6 Å². The van der Waals surface area contributed by atoms with E-state index in [-0.39, 0.29) is 28.4 Å². The molecular formula is C30H31FN6O3S. The predicted octanol–water partition coefficient (Wildman–Crippen LogP) is 3.72. The third-order valence-electron chi connectivity index (χ3n) is 7.90. The van der Waals surface area contributed by atoms with Gasteiger partial charge in [-0.15, -0.1) is 0 Å². The number of nitrogens with zero attached hydrogens (tertiary/aromatic N) is 4. The number of rotatable bonds is 6. The van der Waals surface area contributed by atoms with Crippen LogP contribution in [0.5, 0.6) is 0 Å². The standard InChI is InChI=1S/C30H31FN6O3S/c1-18-4-5-20(12-26(18)41(3,39)40)29(38)33-16-22-13-25-21(15-32-22)6-7-24(35-25)28-19(2)23(31)14-27(36-28)37-11-10-34-30(17-37)8-9-30/h4-7,12-15,34H,8-11,16-17H2,1-3H3,(H,33,38). The fraction of sp³-hybridized carbons (Fsp3) is 0.333. The number of sulfone groups is 1. The monoisotopic (exact) mass is 574 g/mol. The molecule has 212 valence electrons. The molecule has 11 heteroatoms. The van der Waals surface area contributed by atoms with Crippen LogP contribution >= 0.6 is 0 Å². The van der Waals surface area contributed by atoms with Crippen LogP contribution in [0.3, 0.4) is 0 Å². The average molecular weight is 575 g/mol. The van der Waals surface area contributed by atoms with Gasteiger partial charge in [0, 0.05) is 60.2 Å². The minimum absolute atomic E-state index is 0.120. The Balaban J connectivity index is 1.24. The summed E-state index contributed by atoms with van der Waals surface area (Å²) in [4.78, 5) is 29.1. The average Bonchev–Trinajstić information content (AvgIpc) is 3.70. The van der Waals surface area contributed by atoms with Gasteiger partial charge >= 0.3 is 0 Å². The van der Waals surface area contributed by atoms with Crippen LogP contribution in [-0.4, -0.2) is 60.7 Å². The Morgan fingerprint density at radius 2 is 1.93 bits per heavy atom. The number of anilines is 1. The molecular weight excluding hydrogens is 543 g/mol. The highest BCUT2D eigenvalue weighted by Gasteiger charge is 2.45. The molecule has 6 rings (SSSR count). The van der Waals surface area contributed by atoms with Crippen LogP contribution in [0, 0.1) is 19.7 Å². The van der Waals surface area contributed by atoms with Gasteiger partial charge in [-0.3, -0.25) is 9.78 Å². The van der Waals surface area contributed by atoms with E-state index in [1.165, 1.54) is 12.1 Å². The summed E-state index contributed by atoms with van der Waals surface area (Å²) in [7, 11) is -3.46. The zero-order valence-corrected chi connectivity index (χ0v) is 24.0. The van der Waals surface area contributed by atoms with Crippen molar-refractivity contribution in [3.05, 3.63) is 76.9 Å². The Morgan fingerprint density at radius 3 is 2.68 bits per heavy atom. The van der Waals surface area contributed by atoms with Crippen LogP contribution in [0.4, 0.5) is 10.2 Å². The Bertz CT molecular complexity index is 1810. The maximum absolute atomic E-state index is 15.1. The van der Waals surface area contributed by atoms with E-state index in [2.05, 4.69) is 20.5 Å². The number of hydrogen-bond donors (Lipinski definition) is 2. The summed E-state index contributed by atoms with van der Waals surface area (Å²) in [6, 6.07) is 11.6. The van der Waals surface area contributed by atoms with Crippen LogP contribution < -0.4 is 15.5 Å². The van der Waals surface area contributed by atoms with Crippen LogP contribution in [0.15, 0.2) is 53.6 Å². The summed E-state index contributed by atoms with van der Waals surface area (Å²) in [6.45, 7) is 5.94. The van der Waals surface area contributed by atoms with Crippen molar-refractivity contribution in [2.24, 2.45) is 0 Å². The third kappa shape index (κ3) is 5.51. The molecule has 41 heavy (non-hydrogen) atoms. The number of aromatic nitrogens is 3. The molecule has 2 fully saturated rings. The van der Waals surface area contributed by atoms with Gasteiger partial charge < -0.3 is 15.5 Å². The van der Waals surface area contributed by atoms with E-state index < -0.39 is 15.7 Å². The lowest BCUT2D eigenvalue weighted by Gasteiger charge is -2.35. The molecule has 0 radical (unpaired) electrons. The van der Waals surface area contributed by atoms with Gasteiger partial charge in [0.25, 0.3) is 5.91 Å². The molecule has 1 aliphatic carbocycles. The molecule has 2 N–H and O–H groups in total. The van der Waals surface area contributed by atoms with Gasteiger partial charge in [0.05, 0.1) is 34.0 Å². The Morgan fingerprint density at radius 1 is 1.12 bits per heavy atom. The minimum Gasteiger partial charge on any atom is -0.353 e. The second-order valence-corrected chi connectivity index (χ2v) is 13.0. The van der Waals surface area contributed by atoms with Gasteiger partial charge in [-0.2, -0.15) is 0 Å². The second kappa shape index (κ2) is 10.1. The fourth-order valence-corrected chi connectivity index (χ4v) is 6.31. The van der Waals surface area contributed by atoms with Crippen molar-refractivity contribution in [2.45, 2.75) is 43.7 Å². The summed E-state index contributed by atoms with van der Waals surface area (Å²) >= 11 is 0. The lowest BCUT2D eigenvalue weighted by molar-refractivity contribution is 0.0950. The molecule has 0 unspecified atom stereocenters. The molecule has 1 saturated carbocycles. The number of piperazine rings is 1. The number of nitrogens with one attached hydrogen (secondary N) is 2. The number of carbonyl (C=O) groups is 1. The number of hydrogen-bond acceptors (Lipinski definition) is 8. The van der Waals surface area contributed by atoms with Crippen LogP contribution in [-0.2, 0) is 16.4 Å². The van der Waals surface area contributed by atoms with E-state index in [4.69, 9.17) is 9.97 Å². The zero-order valence-electron chi connectivity index (χ0n) is 23.2. The SMILES string of the molecule is Cc1ccc(C(=O)NCc2cc3nc(-c4nc(N5CCNC6(CC6)C5)cc(F)c4C)ccc3cn2)cc1S(C)(=O)=O. The highest BCUT2D eigenvalue weighted by Crippen LogP contribution is 2.39. The number of fused-ring (bicyclic) bond motifs is 1. The van der Waals surface area contributed by atoms with E-state index in [1.54, 1.807) is 38.2 Å². The van der Waals surface area contributed by atoms with E-state index in [0.717, 1.165) is 44.1 Å². The topological polar surface area (TPSA) is 117 Å². The molecule has 1 spiro atoms. The number of benzene rings is 1. The quantitative estimate of drug-likeness (QED) is 0.358. The fourth-order valence-electron chi connectivity index (χ4n) is 5.31. The van der Waals surface area contributed by atoms with E-state index in [1.807, 2.05) is 12.1 Å². The van der Waals surface area contributed by atoms with E-state index in [9.17, 15) is 13.2 Å². The van der Waals surface area contributed by atoms with Gasteiger partial charge in [0.15, 0.2) is 9.84 Å². The Hall–Kier alpha value is -3.96. The summed E-state index contributed by atoms with van der Waals surface area (Å²) in [5.74, 6) is -0.110. The van der Waals surface area contributed by atoms with Crippen molar-refractivity contribution in [3.8, 4) is 11.4 Å². The van der Waals surface area contributed by atoms with Crippen LogP contribution in [0.2, 0.25) is 0 Å². The lowest BCUT2D eigenvalue weighted by atomic mass is 10.1. The largest absolute Gasteiger partial charge is 0.353 e. The summed E-state index contributed by atoms with van der Waals surface area (Å²) in [5, 5.41) is 7.17. The zero-order chi connectivity index (χ0) is 28.9. The van der Waals surface area contributed by atoms with Gasteiger partial charge in [0.1, 0.15) is 11.6 Å². The van der Waals surface area contributed by atoms with Gasteiger partial charge in [-0.05, 0) is 62.6 Å². The van der Waals surface area contributed by atoms with Gasteiger partial charge in [-0.25, -0.2) is 22.8 Å². The first-order valence-corrected chi connectivity index (χ1v) is 15.4. The smallest absolute Gasteiger partial charge is 0.251 e. The van der Waals surface area contributed by atoms with Crippen molar-refractivity contribution >= 4 is 32.5 Å². The molecule has 3 aromatic heterocycles. The molecule has 0 atom stereocenters. The molecule has 4 aromatic rings. The number of carbonyl (C=O) groups excluding carboxylic acids is 1. The van der Waals surface area contributed by atoms with Crippen molar-refractivity contribution < 1.29 is 17.6 Å². The van der Waals surface area contributed by atoms with Gasteiger partial charge in [-0.1, -0.05) is 6.07 Å². The molecule has 0 bridgehead atoms. The number of pyridine rings is 3. The Labute approximate surface area is 238 Å². The summed E-state index contributed by atoms with van der Waals surface area (Å²) < 4.78 is 39.2. The van der Waals surface area contributed by atoms with Gasteiger partial charge in [0.2, 0.25) is 0 Å². The van der Waals surface area contributed by atoms with E-state index in [0.29, 0.717) is 39.5 Å². The highest BCUT2D eigenvalue weighted by atomic mass is 32.2. The van der Waals surface area contributed by atoms with Crippen LogP contribution in [0.1, 0.15) is 40.0 Å². The summed E-state index contributed by atoms with van der Waals surface area (Å²) in [6.07, 6.45) is 5.04. The second-order valence-electron chi connectivity index (χ2n) is 11.1. The number of halogens is 1. The number of aryl methyl sites for hydroxylation is 1. The molecule has 4 heterocycles. The number of amides is 1. The van der Waals surface area contributed by atoms with E-state index >= 15 is 4.39 Å². The minimum atomic E-state index is -3.46. The normalized spacial score (nSPS) is 16.2. The molecule has 1 aromatic carbocycles. The molecule has 1 saturated heterocycles. The Kier molecular flexibility index (Phi) is 6.74. The first-order chi connectivity index (χ1) is 19.5. The van der Waals surface area contributed by atoms with Crippen molar-refractivity contribution in [3.63, 3.8) is 0 Å². The molecule has 1 amide bonds. The molecule has 9 nitrogen and oxygen atoms in total. The first kappa shape index (κ1) is 27.2. The molecule has 1 aliphatic heterocycles. The van der Waals surface area contributed by atoms with Crippen molar-refractivity contribution in [1.29, 1.82) is 0 Å².